The SMILES string of the molecule is C1=CC(C2(c3ccccc3)c3ccccc3-c3cc(-c4ccc(-c5c(-c6ccccc6)n6ncc(-c7ccccc7)c6c6ccccc56)cc4)ccc32)=CCC1. The molecule has 0 saturated carbocycles. The molecule has 2 nitrogen and oxygen atoms in total. The fourth-order valence-electron chi connectivity index (χ4n) is 9.56. The van der Waals surface area contributed by atoms with E-state index in [4.69, 9.17) is 5.10 Å². The van der Waals surface area contributed by atoms with E-state index in [2.05, 4.69) is 205 Å². The minimum atomic E-state index is -0.354. The predicted octanol–water partition coefficient (Wildman–Crippen LogP) is 13.7. The van der Waals surface area contributed by atoms with Crippen molar-refractivity contribution < 1.29 is 0 Å². The summed E-state index contributed by atoms with van der Waals surface area (Å²) in [4.78, 5) is 0. The summed E-state index contributed by atoms with van der Waals surface area (Å²) in [5.74, 6) is 0. The highest BCUT2D eigenvalue weighted by Gasteiger charge is 2.46. The summed E-state index contributed by atoms with van der Waals surface area (Å²) in [6.07, 6.45) is 11.3. The third-order valence-corrected chi connectivity index (χ3v) is 12.0. The predicted molar refractivity (Wildman–Crippen MR) is 233 cm³/mol. The van der Waals surface area contributed by atoms with Crippen molar-refractivity contribution >= 4 is 16.3 Å². The van der Waals surface area contributed by atoms with Crippen molar-refractivity contribution in [3.63, 3.8) is 0 Å². The standard InChI is InChI=1S/C54H38N2/c1-5-17-38(18-6-1)48-36-55-56-52(40-19-7-2-8-20-40)51(45-26-13-14-27-46(45)53(48)56)39-31-29-37(30-32-39)41-33-34-50-47(35-41)44-25-15-16-28-49(44)54(50,42-21-9-3-10-22-42)43-23-11-4-12-24-43/h1-3,5-11,13-36H,4,12H2. The van der Waals surface area contributed by atoms with Crippen molar-refractivity contribution in [2.45, 2.75) is 18.3 Å². The monoisotopic (exact) mass is 714 g/mol. The van der Waals surface area contributed by atoms with Gasteiger partial charge in [-0.25, -0.2) is 4.52 Å². The van der Waals surface area contributed by atoms with Crippen molar-refractivity contribution in [2.24, 2.45) is 0 Å². The lowest BCUT2D eigenvalue weighted by Crippen LogP contribution is -2.29. The van der Waals surface area contributed by atoms with Crippen molar-refractivity contribution in [3.8, 4) is 55.8 Å². The molecule has 0 radical (unpaired) electrons. The second-order valence-electron chi connectivity index (χ2n) is 15.0. The number of hydrogen-bond acceptors (Lipinski definition) is 1. The first kappa shape index (κ1) is 32.4. The van der Waals surface area contributed by atoms with Crippen molar-refractivity contribution in [1.82, 2.24) is 9.61 Å². The van der Waals surface area contributed by atoms with Gasteiger partial charge in [0.15, 0.2) is 0 Å². The first-order chi connectivity index (χ1) is 27.8. The summed E-state index contributed by atoms with van der Waals surface area (Å²) in [6.45, 7) is 0. The summed E-state index contributed by atoms with van der Waals surface area (Å²) in [6, 6.07) is 66.6. The van der Waals surface area contributed by atoms with E-state index < -0.39 is 0 Å². The number of hydrogen-bond donors (Lipinski definition) is 0. The van der Waals surface area contributed by atoms with Gasteiger partial charge in [-0.3, -0.25) is 0 Å². The van der Waals surface area contributed by atoms with Gasteiger partial charge in [-0.2, -0.15) is 5.10 Å². The Hall–Kier alpha value is -7.03. The van der Waals surface area contributed by atoms with Gasteiger partial charge in [-0.15, -0.1) is 0 Å². The Bertz CT molecular complexity index is 2990. The molecule has 0 saturated heterocycles. The van der Waals surface area contributed by atoms with Gasteiger partial charge in [0, 0.05) is 22.1 Å². The molecule has 1 atom stereocenters. The van der Waals surface area contributed by atoms with Crippen LogP contribution in [0.4, 0.5) is 0 Å². The van der Waals surface area contributed by atoms with Crippen LogP contribution in [0.5, 0.6) is 0 Å². The molecule has 2 heterocycles. The molecule has 9 aromatic rings. The Kier molecular flexibility index (Phi) is 7.57. The topological polar surface area (TPSA) is 17.3 Å². The number of aromatic nitrogens is 2. The Morgan fingerprint density at radius 1 is 0.464 bits per heavy atom. The molecule has 56 heavy (non-hydrogen) atoms. The van der Waals surface area contributed by atoms with Crippen LogP contribution in [-0.4, -0.2) is 9.61 Å². The van der Waals surface area contributed by atoms with E-state index in [0.29, 0.717) is 0 Å². The maximum absolute atomic E-state index is 5.10. The lowest BCUT2D eigenvalue weighted by molar-refractivity contribution is 0.751. The zero-order valence-corrected chi connectivity index (χ0v) is 30.9. The van der Waals surface area contributed by atoms with E-state index in [-0.39, 0.29) is 5.41 Å². The zero-order chi connectivity index (χ0) is 37.1. The van der Waals surface area contributed by atoms with Crippen molar-refractivity contribution in [3.05, 3.63) is 229 Å². The fourth-order valence-corrected chi connectivity index (χ4v) is 9.56. The van der Waals surface area contributed by atoms with Crippen LogP contribution in [0, 0.1) is 0 Å². The molecule has 0 fully saturated rings. The molecule has 0 bridgehead atoms. The Balaban J connectivity index is 1.08. The quantitative estimate of drug-likeness (QED) is 0.168. The van der Waals surface area contributed by atoms with E-state index >= 15 is 0 Å². The molecule has 2 aromatic heterocycles. The minimum Gasteiger partial charge on any atom is -0.231 e. The average Bonchev–Trinajstić information content (AvgIpc) is 3.86. The molecule has 11 rings (SSSR count). The molecular formula is C54H38N2. The van der Waals surface area contributed by atoms with E-state index in [1.165, 1.54) is 60.9 Å². The number of fused-ring (bicyclic) bond motifs is 6. The van der Waals surface area contributed by atoms with Crippen LogP contribution >= 0.6 is 0 Å². The van der Waals surface area contributed by atoms with E-state index in [1.807, 2.05) is 6.20 Å². The second-order valence-corrected chi connectivity index (χ2v) is 15.0. The summed E-state index contributed by atoms with van der Waals surface area (Å²) < 4.78 is 2.16. The third-order valence-electron chi connectivity index (χ3n) is 12.0. The Morgan fingerprint density at radius 3 is 1.84 bits per heavy atom. The highest BCUT2D eigenvalue weighted by atomic mass is 15.2. The summed E-state index contributed by atoms with van der Waals surface area (Å²) in [7, 11) is 0. The third kappa shape index (κ3) is 4.86. The number of pyridine rings is 1. The Morgan fingerprint density at radius 2 is 1.09 bits per heavy atom. The summed E-state index contributed by atoms with van der Waals surface area (Å²) in [5.41, 5.74) is 18.0. The molecule has 2 aliphatic rings. The van der Waals surface area contributed by atoms with Gasteiger partial charge in [0.2, 0.25) is 0 Å². The van der Waals surface area contributed by atoms with E-state index in [9.17, 15) is 0 Å². The van der Waals surface area contributed by atoms with Crippen molar-refractivity contribution in [2.75, 3.05) is 0 Å². The number of rotatable bonds is 6. The normalized spacial score (nSPS) is 15.8. The number of allylic oxidation sites excluding steroid dienone is 4. The van der Waals surface area contributed by atoms with Gasteiger partial charge in [0.1, 0.15) is 0 Å². The lowest BCUT2D eigenvalue weighted by Gasteiger charge is -2.35. The first-order valence-corrected chi connectivity index (χ1v) is 19.6. The van der Waals surface area contributed by atoms with Crippen molar-refractivity contribution in [1.29, 1.82) is 0 Å². The van der Waals surface area contributed by atoms with Crippen LogP contribution in [0.2, 0.25) is 0 Å². The van der Waals surface area contributed by atoms with Crippen LogP contribution in [0.25, 0.3) is 72.1 Å². The van der Waals surface area contributed by atoms with Crippen LogP contribution < -0.4 is 0 Å². The molecule has 264 valence electrons. The number of nitrogens with zero attached hydrogens (tertiary/aromatic N) is 2. The van der Waals surface area contributed by atoms with Crippen LogP contribution in [0.3, 0.4) is 0 Å². The van der Waals surface area contributed by atoms with E-state index in [0.717, 1.165) is 46.3 Å². The smallest absolute Gasteiger partial charge is 0.0826 e. The lowest BCUT2D eigenvalue weighted by atomic mass is 9.66. The van der Waals surface area contributed by atoms with Gasteiger partial charge in [-0.1, -0.05) is 194 Å². The van der Waals surface area contributed by atoms with Crippen LogP contribution in [0.1, 0.15) is 29.5 Å². The average molecular weight is 715 g/mol. The van der Waals surface area contributed by atoms with Gasteiger partial charge < -0.3 is 0 Å². The molecule has 1 unspecified atom stereocenters. The maximum Gasteiger partial charge on any atom is 0.0826 e. The molecule has 2 heteroatoms. The van der Waals surface area contributed by atoms with Gasteiger partial charge >= 0.3 is 0 Å². The van der Waals surface area contributed by atoms with Gasteiger partial charge in [-0.05, 0) is 79.9 Å². The molecule has 0 spiro atoms. The van der Waals surface area contributed by atoms with E-state index in [1.54, 1.807) is 0 Å². The maximum atomic E-state index is 5.10. The van der Waals surface area contributed by atoms with Crippen LogP contribution in [0.15, 0.2) is 212 Å². The number of benzene rings is 7. The highest BCUT2D eigenvalue weighted by Crippen LogP contribution is 2.57. The largest absolute Gasteiger partial charge is 0.231 e. The van der Waals surface area contributed by atoms with Gasteiger partial charge in [0.05, 0.1) is 22.8 Å². The zero-order valence-electron chi connectivity index (χ0n) is 30.9. The van der Waals surface area contributed by atoms with Crippen LogP contribution in [-0.2, 0) is 5.41 Å². The Labute approximate surface area is 327 Å². The molecule has 7 aromatic carbocycles. The first-order valence-electron chi connectivity index (χ1n) is 19.6. The fraction of sp³-hybridized carbons (Fsp3) is 0.0556. The molecule has 2 aliphatic carbocycles. The van der Waals surface area contributed by atoms with Gasteiger partial charge in [0.25, 0.3) is 0 Å². The molecular weight excluding hydrogens is 677 g/mol. The molecule has 0 aliphatic heterocycles. The second kappa shape index (κ2) is 13.1. The minimum absolute atomic E-state index is 0.354. The summed E-state index contributed by atoms with van der Waals surface area (Å²) >= 11 is 0. The molecule has 0 N–H and O–H groups in total. The highest BCUT2D eigenvalue weighted by molar-refractivity contribution is 6.13. The summed E-state index contributed by atoms with van der Waals surface area (Å²) in [5, 5.41) is 7.50. The molecule has 0 amide bonds.